The summed E-state index contributed by atoms with van der Waals surface area (Å²) in [5, 5.41) is 13.6. The third-order valence-corrected chi connectivity index (χ3v) is 4.19. The molecule has 1 atom stereocenters. The van der Waals surface area contributed by atoms with Gasteiger partial charge in [0.05, 0.1) is 21.8 Å². The van der Waals surface area contributed by atoms with Crippen molar-refractivity contribution >= 4 is 44.8 Å². The fraction of sp³-hybridized carbons (Fsp3) is 0.200. The Morgan fingerprint density at radius 1 is 1.24 bits per heavy atom. The fourth-order valence-electron chi connectivity index (χ4n) is 2.06. The van der Waals surface area contributed by atoms with Gasteiger partial charge in [0, 0.05) is 10.0 Å². The number of hydrogen-bond donors (Lipinski definition) is 2. The highest BCUT2D eigenvalue weighted by Gasteiger charge is 2.17. The summed E-state index contributed by atoms with van der Waals surface area (Å²) in [6, 6.07) is 7.37. The molecule has 0 aromatic heterocycles. The van der Waals surface area contributed by atoms with Crippen LogP contribution in [0.5, 0.6) is 5.75 Å². The Bertz CT molecular complexity index is 643. The zero-order valence-electron chi connectivity index (χ0n) is 11.1. The topological polar surface area (TPSA) is 32.3 Å². The number of anilines is 1. The molecule has 2 rings (SSSR count). The van der Waals surface area contributed by atoms with Gasteiger partial charge in [-0.25, -0.2) is 4.39 Å². The molecule has 2 nitrogen and oxygen atoms in total. The van der Waals surface area contributed by atoms with Crippen LogP contribution in [0.25, 0.3) is 0 Å². The predicted octanol–water partition coefficient (Wildman–Crippen LogP) is 6.16. The molecule has 0 saturated heterocycles. The lowest BCUT2D eigenvalue weighted by Gasteiger charge is -2.21. The molecule has 0 bridgehead atoms. The molecular weight excluding hydrogens is 380 g/mol. The summed E-state index contributed by atoms with van der Waals surface area (Å²) in [4.78, 5) is 0. The van der Waals surface area contributed by atoms with Crippen LogP contribution in [0.3, 0.4) is 0 Å². The average Bonchev–Trinajstić information content (AvgIpc) is 2.41. The maximum atomic E-state index is 13.2. The summed E-state index contributed by atoms with van der Waals surface area (Å²) >= 11 is 15.4. The van der Waals surface area contributed by atoms with E-state index in [1.807, 2.05) is 13.0 Å². The van der Waals surface area contributed by atoms with Gasteiger partial charge in [-0.1, -0.05) is 46.1 Å². The molecule has 0 radical (unpaired) electrons. The third kappa shape index (κ3) is 3.82. The lowest BCUT2D eigenvalue weighted by molar-refractivity contribution is 0.462. The Hall–Kier alpha value is -0.970. The van der Waals surface area contributed by atoms with Gasteiger partial charge in [-0.05, 0) is 36.8 Å². The Labute approximate surface area is 141 Å². The van der Waals surface area contributed by atoms with Crippen molar-refractivity contribution in [2.24, 2.45) is 0 Å². The number of rotatable bonds is 4. The van der Waals surface area contributed by atoms with Gasteiger partial charge in [-0.3, -0.25) is 0 Å². The van der Waals surface area contributed by atoms with E-state index in [9.17, 15) is 9.50 Å². The minimum absolute atomic E-state index is 0.173. The maximum Gasteiger partial charge on any atom is 0.126 e. The van der Waals surface area contributed by atoms with Crippen molar-refractivity contribution in [2.75, 3.05) is 5.32 Å². The molecule has 1 unspecified atom stereocenters. The zero-order chi connectivity index (χ0) is 15.6. The van der Waals surface area contributed by atoms with Crippen LogP contribution in [0, 0.1) is 5.82 Å². The Morgan fingerprint density at radius 3 is 2.43 bits per heavy atom. The highest BCUT2D eigenvalue weighted by Crippen LogP contribution is 2.37. The lowest BCUT2D eigenvalue weighted by Crippen LogP contribution is -2.11. The van der Waals surface area contributed by atoms with E-state index in [1.165, 1.54) is 12.1 Å². The number of hydrogen-bond acceptors (Lipinski definition) is 2. The van der Waals surface area contributed by atoms with Crippen molar-refractivity contribution in [1.29, 1.82) is 0 Å². The third-order valence-electron chi connectivity index (χ3n) is 3.10. The second-order valence-corrected chi connectivity index (χ2v) is 6.28. The number of aromatic hydroxyl groups is 1. The van der Waals surface area contributed by atoms with E-state index < -0.39 is 5.82 Å². The maximum absolute atomic E-state index is 13.2. The number of halogens is 4. The second-order valence-electron chi connectivity index (χ2n) is 4.55. The summed E-state index contributed by atoms with van der Waals surface area (Å²) in [6.45, 7) is 1.96. The summed E-state index contributed by atoms with van der Waals surface area (Å²) in [5.74, 6) is -0.319. The molecule has 0 fully saturated rings. The first-order chi connectivity index (χ1) is 9.92. The molecule has 2 N–H and O–H groups in total. The fourth-order valence-corrected chi connectivity index (χ4v) is 3.01. The molecule has 2 aromatic rings. The molecule has 6 heteroatoms. The van der Waals surface area contributed by atoms with E-state index in [2.05, 4.69) is 21.2 Å². The largest absolute Gasteiger partial charge is 0.508 e. The quantitative estimate of drug-likeness (QED) is 0.652. The highest BCUT2D eigenvalue weighted by molar-refractivity contribution is 9.10. The summed E-state index contributed by atoms with van der Waals surface area (Å²) < 4.78 is 14.1. The van der Waals surface area contributed by atoms with E-state index >= 15 is 0 Å². The molecule has 2 aromatic carbocycles. The molecule has 21 heavy (non-hydrogen) atoms. The van der Waals surface area contributed by atoms with Crippen molar-refractivity contribution in [2.45, 2.75) is 19.4 Å². The van der Waals surface area contributed by atoms with E-state index in [-0.39, 0.29) is 21.8 Å². The van der Waals surface area contributed by atoms with Gasteiger partial charge in [0.25, 0.3) is 0 Å². The molecule has 0 aliphatic carbocycles. The smallest absolute Gasteiger partial charge is 0.126 e. The molecule has 0 amide bonds. The number of phenols is 1. The first kappa shape index (κ1) is 16.4. The van der Waals surface area contributed by atoms with Crippen molar-refractivity contribution < 1.29 is 9.50 Å². The van der Waals surface area contributed by atoms with E-state index in [0.29, 0.717) is 17.7 Å². The van der Waals surface area contributed by atoms with Crippen LogP contribution in [0.15, 0.2) is 34.8 Å². The Balaban J connectivity index is 2.38. The van der Waals surface area contributed by atoms with Crippen molar-refractivity contribution in [3.05, 3.63) is 56.2 Å². The number of benzene rings is 2. The van der Waals surface area contributed by atoms with Crippen LogP contribution >= 0.6 is 39.1 Å². The van der Waals surface area contributed by atoms with Crippen LogP contribution in [0.2, 0.25) is 10.0 Å². The summed E-state index contributed by atoms with van der Waals surface area (Å²) in [5.41, 5.74) is 1.16. The van der Waals surface area contributed by atoms with Crippen LogP contribution in [-0.4, -0.2) is 5.11 Å². The first-order valence-corrected chi connectivity index (χ1v) is 7.86. The van der Waals surface area contributed by atoms with Gasteiger partial charge in [-0.2, -0.15) is 0 Å². The lowest BCUT2D eigenvalue weighted by atomic mass is 10.0. The molecule has 112 valence electrons. The van der Waals surface area contributed by atoms with Crippen LogP contribution in [0.4, 0.5) is 10.1 Å². The Kier molecular flexibility index (Phi) is 5.36. The molecule has 0 aliphatic rings. The van der Waals surface area contributed by atoms with E-state index in [0.717, 1.165) is 4.47 Å². The van der Waals surface area contributed by atoms with E-state index in [1.54, 1.807) is 12.1 Å². The van der Waals surface area contributed by atoms with Gasteiger partial charge >= 0.3 is 0 Å². The summed E-state index contributed by atoms with van der Waals surface area (Å²) in [6.07, 6.45) is 0.689. The van der Waals surface area contributed by atoms with Gasteiger partial charge in [0.1, 0.15) is 11.6 Å². The molecule has 0 aliphatic heterocycles. The SMILES string of the molecule is CCC(Nc1c(Cl)cc(F)cc1Cl)c1cc(Br)ccc1O. The van der Waals surface area contributed by atoms with Gasteiger partial charge in [0.15, 0.2) is 0 Å². The molecule has 0 heterocycles. The predicted molar refractivity (Wildman–Crippen MR) is 88.9 cm³/mol. The van der Waals surface area contributed by atoms with Crippen molar-refractivity contribution in [3.8, 4) is 5.75 Å². The minimum Gasteiger partial charge on any atom is -0.508 e. The van der Waals surface area contributed by atoms with Gasteiger partial charge in [0.2, 0.25) is 0 Å². The van der Waals surface area contributed by atoms with Crippen LogP contribution < -0.4 is 5.32 Å². The highest BCUT2D eigenvalue weighted by atomic mass is 79.9. The van der Waals surface area contributed by atoms with Crippen LogP contribution in [-0.2, 0) is 0 Å². The van der Waals surface area contributed by atoms with Crippen molar-refractivity contribution in [3.63, 3.8) is 0 Å². The zero-order valence-corrected chi connectivity index (χ0v) is 14.2. The standard InChI is InChI=1S/C15H13BrCl2FNO/c1-2-13(10-5-8(16)3-4-14(10)21)20-15-11(17)6-9(19)7-12(15)18/h3-7,13,20-21H,2H2,1H3. The van der Waals surface area contributed by atoms with Gasteiger partial charge in [-0.15, -0.1) is 0 Å². The van der Waals surface area contributed by atoms with Crippen LogP contribution in [0.1, 0.15) is 24.9 Å². The minimum atomic E-state index is -0.492. The monoisotopic (exact) mass is 391 g/mol. The number of nitrogens with one attached hydrogen (secondary N) is 1. The normalized spacial score (nSPS) is 12.2. The molecular formula is C15H13BrCl2FNO. The second kappa shape index (κ2) is 6.86. The molecule has 0 saturated carbocycles. The van der Waals surface area contributed by atoms with Crippen molar-refractivity contribution in [1.82, 2.24) is 0 Å². The van der Waals surface area contributed by atoms with Gasteiger partial charge < -0.3 is 10.4 Å². The first-order valence-electron chi connectivity index (χ1n) is 6.31. The number of phenolic OH excluding ortho intramolecular Hbond substituents is 1. The van der Waals surface area contributed by atoms with E-state index in [4.69, 9.17) is 23.2 Å². The Morgan fingerprint density at radius 2 is 1.86 bits per heavy atom. The summed E-state index contributed by atoms with van der Waals surface area (Å²) in [7, 11) is 0. The average molecular weight is 393 g/mol. The molecule has 0 spiro atoms.